The van der Waals surface area contributed by atoms with Gasteiger partial charge < -0.3 is 5.11 Å². The molecule has 0 heterocycles. The third kappa shape index (κ3) is 2.34. The molecule has 0 bridgehead atoms. The van der Waals surface area contributed by atoms with Gasteiger partial charge in [-0.2, -0.15) is 13.2 Å². The summed E-state index contributed by atoms with van der Waals surface area (Å²) in [5.41, 5.74) is 0.151. The standard InChI is InChI=1S/C16H10ClF3O/c17-10-7-5-9(6-8-10)13-11-3-1-2-4-12(11)15(21)14(13)16(18,19)20/h1-8,15,21H. The van der Waals surface area contributed by atoms with Gasteiger partial charge in [0.25, 0.3) is 0 Å². The van der Waals surface area contributed by atoms with Crippen LogP contribution < -0.4 is 0 Å². The molecule has 1 aliphatic carbocycles. The van der Waals surface area contributed by atoms with Gasteiger partial charge >= 0.3 is 6.18 Å². The highest BCUT2D eigenvalue weighted by Crippen LogP contribution is 2.50. The van der Waals surface area contributed by atoms with Crippen molar-refractivity contribution in [1.29, 1.82) is 0 Å². The second-order valence-electron chi connectivity index (χ2n) is 4.78. The van der Waals surface area contributed by atoms with Crippen molar-refractivity contribution in [3.63, 3.8) is 0 Å². The molecule has 0 spiro atoms. The molecule has 0 saturated heterocycles. The van der Waals surface area contributed by atoms with E-state index in [4.69, 9.17) is 11.6 Å². The van der Waals surface area contributed by atoms with Crippen molar-refractivity contribution < 1.29 is 18.3 Å². The number of halogens is 4. The van der Waals surface area contributed by atoms with E-state index >= 15 is 0 Å². The normalized spacial score (nSPS) is 18.0. The topological polar surface area (TPSA) is 20.2 Å². The maximum absolute atomic E-state index is 13.3. The van der Waals surface area contributed by atoms with E-state index in [1.807, 2.05) is 0 Å². The number of hydrogen-bond donors (Lipinski definition) is 1. The molecule has 1 atom stereocenters. The lowest BCUT2D eigenvalue weighted by Crippen LogP contribution is -2.17. The van der Waals surface area contributed by atoms with Crippen LogP contribution in [0.25, 0.3) is 5.57 Å². The first-order chi connectivity index (χ1) is 9.89. The molecule has 21 heavy (non-hydrogen) atoms. The highest BCUT2D eigenvalue weighted by molar-refractivity contribution is 6.30. The van der Waals surface area contributed by atoms with Crippen molar-refractivity contribution in [2.75, 3.05) is 0 Å². The van der Waals surface area contributed by atoms with Crippen LogP contribution in [0.15, 0.2) is 54.1 Å². The average molecular weight is 311 g/mol. The van der Waals surface area contributed by atoms with E-state index < -0.39 is 17.9 Å². The first-order valence-corrected chi connectivity index (χ1v) is 6.62. The zero-order chi connectivity index (χ0) is 15.2. The first-order valence-electron chi connectivity index (χ1n) is 6.24. The number of aliphatic hydroxyl groups is 1. The van der Waals surface area contributed by atoms with Gasteiger partial charge in [-0.05, 0) is 28.8 Å². The summed E-state index contributed by atoms with van der Waals surface area (Å²) in [5, 5.41) is 10.5. The number of rotatable bonds is 1. The Kier molecular flexibility index (Phi) is 3.30. The predicted octanol–water partition coefficient (Wildman–Crippen LogP) is 4.75. The van der Waals surface area contributed by atoms with Gasteiger partial charge in [-0.15, -0.1) is 0 Å². The Morgan fingerprint density at radius 1 is 0.952 bits per heavy atom. The SMILES string of the molecule is OC1C(C(F)(F)F)=C(c2ccc(Cl)cc2)c2ccccc21. The maximum Gasteiger partial charge on any atom is 0.416 e. The molecule has 0 saturated carbocycles. The summed E-state index contributed by atoms with van der Waals surface area (Å²) in [7, 11) is 0. The summed E-state index contributed by atoms with van der Waals surface area (Å²) >= 11 is 5.79. The third-order valence-electron chi connectivity index (χ3n) is 3.51. The zero-order valence-corrected chi connectivity index (χ0v) is 11.4. The Hall–Kier alpha value is -1.78. The summed E-state index contributed by atoms with van der Waals surface area (Å²) in [6.07, 6.45) is -6.26. The summed E-state index contributed by atoms with van der Waals surface area (Å²) in [5.74, 6) is 0. The second-order valence-corrected chi connectivity index (χ2v) is 5.22. The van der Waals surface area contributed by atoms with Crippen LogP contribution >= 0.6 is 11.6 Å². The molecular weight excluding hydrogens is 301 g/mol. The highest BCUT2D eigenvalue weighted by Gasteiger charge is 2.46. The maximum atomic E-state index is 13.3. The van der Waals surface area contributed by atoms with Crippen LogP contribution in [-0.2, 0) is 0 Å². The number of benzene rings is 2. The monoisotopic (exact) mass is 310 g/mol. The van der Waals surface area contributed by atoms with Gasteiger partial charge in [-0.3, -0.25) is 0 Å². The zero-order valence-electron chi connectivity index (χ0n) is 10.7. The molecule has 1 unspecified atom stereocenters. The van der Waals surface area contributed by atoms with E-state index in [1.165, 1.54) is 30.3 Å². The van der Waals surface area contributed by atoms with Crippen molar-refractivity contribution in [2.24, 2.45) is 0 Å². The van der Waals surface area contributed by atoms with Gasteiger partial charge in [0, 0.05) is 10.6 Å². The molecular formula is C16H10ClF3O. The van der Waals surface area contributed by atoms with Crippen LogP contribution in [0.1, 0.15) is 22.8 Å². The summed E-state index contributed by atoms with van der Waals surface area (Å²) < 4.78 is 40.0. The van der Waals surface area contributed by atoms with Crippen LogP contribution in [0.2, 0.25) is 5.02 Å². The number of hydrogen-bond acceptors (Lipinski definition) is 1. The summed E-state index contributed by atoms with van der Waals surface area (Å²) in [6.45, 7) is 0. The van der Waals surface area contributed by atoms with E-state index in [0.29, 0.717) is 16.1 Å². The molecule has 0 fully saturated rings. The predicted molar refractivity (Wildman–Crippen MR) is 74.9 cm³/mol. The molecule has 0 aromatic heterocycles. The van der Waals surface area contributed by atoms with Crippen LogP contribution in [-0.4, -0.2) is 11.3 Å². The number of alkyl halides is 3. The van der Waals surface area contributed by atoms with Gasteiger partial charge in [0.05, 0.1) is 5.57 Å². The Morgan fingerprint density at radius 2 is 1.57 bits per heavy atom. The van der Waals surface area contributed by atoms with Crippen molar-refractivity contribution in [1.82, 2.24) is 0 Å². The summed E-state index contributed by atoms with van der Waals surface area (Å²) in [6, 6.07) is 12.5. The fraction of sp³-hybridized carbons (Fsp3) is 0.125. The van der Waals surface area contributed by atoms with Gasteiger partial charge in [-0.25, -0.2) is 0 Å². The third-order valence-corrected chi connectivity index (χ3v) is 3.76. The summed E-state index contributed by atoms with van der Waals surface area (Å²) in [4.78, 5) is 0. The molecule has 2 aromatic carbocycles. The van der Waals surface area contributed by atoms with E-state index in [1.54, 1.807) is 18.2 Å². The lowest BCUT2D eigenvalue weighted by Gasteiger charge is -2.15. The molecule has 0 radical (unpaired) electrons. The van der Waals surface area contributed by atoms with Crippen molar-refractivity contribution in [3.8, 4) is 0 Å². The van der Waals surface area contributed by atoms with Crippen molar-refractivity contribution in [2.45, 2.75) is 12.3 Å². The van der Waals surface area contributed by atoms with Gasteiger partial charge in [-0.1, -0.05) is 48.0 Å². The molecule has 0 amide bonds. The highest BCUT2D eigenvalue weighted by atomic mass is 35.5. The first kappa shape index (κ1) is 14.2. The second kappa shape index (κ2) is 4.90. The minimum absolute atomic E-state index is 0.0160. The minimum atomic E-state index is -4.60. The van der Waals surface area contributed by atoms with Crippen LogP contribution in [0.4, 0.5) is 13.2 Å². The van der Waals surface area contributed by atoms with Crippen molar-refractivity contribution >= 4 is 17.2 Å². The smallest absolute Gasteiger partial charge is 0.384 e. The molecule has 3 rings (SSSR count). The van der Waals surface area contributed by atoms with E-state index in [0.717, 1.165) is 0 Å². The van der Waals surface area contributed by atoms with Gasteiger partial charge in [0.1, 0.15) is 6.10 Å². The lowest BCUT2D eigenvalue weighted by atomic mass is 9.97. The minimum Gasteiger partial charge on any atom is -0.384 e. The van der Waals surface area contributed by atoms with Crippen LogP contribution in [0.5, 0.6) is 0 Å². The van der Waals surface area contributed by atoms with Gasteiger partial charge in [0.2, 0.25) is 0 Å². The largest absolute Gasteiger partial charge is 0.416 e. The van der Waals surface area contributed by atoms with Gasteiger partial charge in [0.15, 0.2) is 0 Å². The van der Waals surface area contributed by atoms with E-state index in [2.05, 4.69) is 0 Å². The molecule has 1 aliphatic rings. The lowest BCUT2D eigenvalue weighted by molar-refractivity contribution is -0.104. The van der Waals surface area contributed by atoms with E-state index in [-0.39, 0.29) is 11.1 Å². The Labute approximate surface area is 124 Å². The Morgan fingerprint density at radius 3 is 2.19 bits per heavy atom. The fourth-order valence-electron chi connectivity index (χ4n) is 2.62. The van der Waals surface area contributed by atoms with Crippen LogP contribution in [0.3, 0.4) is 0 Å². The quantitative estimate of drug-likeness (QED) is 0.806. The van der Waals surface area contributed by atoms with Crippen molar-refractivity contribution in [3.05, 3.63) is 75.8 Å². The number of aliphatic hydroxyl groups excluding tert-OH is 1. The molecule has 2 aromatic rings. The van der Waals surface area contributed by atoms with Crippen LogP contribution in [0, 0.1) is 0 Å². The Bertz CT molecular complexity index is 717. The Balaban J connectivity index is 2.29. The molecule has 0 aliphatic heterocycles. The average Bonchev–Trinajstić information content (AvgIpc) is 2.74. The molecule has 1 N–H and O–H groups in total. The molecule has 108 valence electrons. The fourth-order valence-corrected chi connectivity index (χ4v) is 2.75. The molecule has 1 nitrogen and oxygen atoms in total. The number of fused-ring (bicyclic) bond motifs is 1. The molecule has 5 heteroatoms. The van der Waals surface area contributed by atoms with E-state index in [9.17, 15) is 18.3 Å².